The van der Waals surface area contributed by atoms with Crippen molar-refractivity contribution in [2.45, 2.75) is 43.8 Å². The largest absolute Gasteiger partial charge is 0.389 e. The van der Waals surface area contributed by atoms with E-state index >= 15 is 0 Å². The lowest BCUT2D eigenvalue weighted by Gasteiger charge is -2.32. The molecule has 1 unspecified atom stereocenters. The van der Waals surface area contributed by atoms with E-state index in [2.05, 4.69) is 5.32 Å². The highest BCUT2D eigenvalue weighted by atomic mass is 19.4. The zero-order valence-electron chi connectivity index (χ0n) is 7.50. The summed E-state index contributed by atoms with van der Waals surface area (Å²) in [6.45, 7) is 0.373. The molecule has 6 heteroatoms. The second-order valence-electron chi connectivity index (χ2n) is 3.53. The van der Waals surface area contributed by atoms with Crippen LogP contribution in [0, 0.1) is 0 Å². The van der Waals surface area contributed by atoms with Crippen LogP contribution < -0.4 is 5.32 Å². The van der Waals surface area contributed by atoms with Crippen molar-refractivity contribution < 1.29 is 22.0 Å². The number of piperidine rings is 1. The number of nitrogens with one attached hydrogen (secondary N) is 1. The van der Waals surface area contributed by atoms with E-state index in [1.807, 2.05) is 0 Å². The Bertz CT molecular complexity index is 189. The van der Waals surface area contributed by atoms with Crippen molar-refractivity contribution in [2.24, 2.45) is 0 Å². The Kier molecular flexibility index (Phi) is 3.34. The molecular formula is C8H12F5N. The minimum Gasteiger partial charge on any atom is -0.309 e. The van der Waals surface area contributed by atoms with Gasteiger partial charge in [0.25, 0.3) is 5.92 Å². The summed E-state index contributed by atoms with van der Waals surface area (Å²) in [6.07, 6.45) is -6.05. The molecule has 1 saturated heterocycles. The maximum absolute atomic E-state index is 13.0. The van der Waals surface area contributed by atoms with Gasteiger partial charge >= 0.3 is 6.18 Å². The fourth-order valence-corrected chi connectivity index (χ4v) is 1.55. The van der Waals surface area contributed by atoms with Gasteiger partial charge in [0, 0.05) is 12.8 Å². The molecule has 1 fully saturated rings. The molecule has 1 N–H and O–H groups in total. The van der Waals surface area contributed by atoms with Crippen molar-refractivity contribution in [3.63, 3.8) is 0 Å². The first-order valence-corrected chi connectivity index (χ1v) is 4.49. The molecule has 1 nitrogen and oxygen atoms in total. The van der Waals surface area contributed by atoms with Gasteiger partial charge in [-0.05, 0) is 19.4 Å². The van der Waals surface area contributed by atoms with E-state index in [1.54, 1.807) is 0 Å². The van der Waals surface area contributed by atoms with E-state index in [1.165, 1.54) is 0 Å². The van der Waals surface area contributed by atoms with E-state index in [0.29, 0.717) is 13.0 Å². The van der Waals surface area contributed by atoms with Crippen LogP contribution in [0.1, 0.15) is 25.7 Å². The molecule has 1 atom stereocenters. The van der Waals surface area contributed by atoms with Crippen molar-refractivity contribution >= 4 is 0 Å². The van der Waals surface area contributed by atoms with E-state index < -0.39 is 31.0 Å². The Hall–Kier alpha value is -0.390. The smallest absolute Gasteiger partial charge is 0.309 e. The van der Waals surface area contributed by atoms with E-state index in [4.69, 9.17) is 0 Å². The predicted octanol–water partition coefficient (Wildman–Crippen LogP) is 2.72. The van der Waals surface area contributed by atoms with Crippen LogP contribution in [0.15, 0.2) is 0 Å². The molecule has 0 aromatic heterocycles. The molecule has 0 spiro atoms. The van der Waals surface area contributed by atoms with Crippen LogP contribution in [0.5, 0.6) is 0 Å². The maximum atomic E-state index is 13.0. The number of hydrogen-bond acceptors (Lipinski definition) is 1. The normalized spacial score (nSPS) is 27.6. The standard InChI is InChI=1S/C8H12F5N/c9-7(10)3-1-5-14-6(7)2-4-8(11,12)13/h6,14H,1-5H2. The fraction of sp³-hybridized carbons (Fsp3) is 1.00. The van der Waals surface area contributed by atoms with Gasteiger partial charge in [0.15, 0.2) is 0 Å². The quantitative estimate of drug-likeness (QED) is 0.701. The number of rotatable bonds is 2. The third-order valence-corrected chi connectivity index (χ3v) is 2.30. The van der Waals surface area contributed by atoms with Crippen molar-refractivity contribution in [3.05, 3.63) is 0 Å². The minimum absolute atomic E-state index is 0.315. The third kappa shape index (κ3) is 3.40. The molecule has 14 heavy (non-hydrogen) atoms. The highest BCUT2D eigenvalue weighted by Crippen LogP contribution is 2.32. The van der Waals surface area contributed by atoms with E-state index in [9.17, 15) is 22.0 Å². The molecule has 84 valence electrons. The number of hydrogen-bond donors (Lipinski definition) is 1. The predicted molar refractivity (Wildman–Crippen MR) is 41.3 cm³/mol. The summed E-state index contributed by atoms with van der Waals surface area (Å²) in [5.74, 6) is -3.00. The molecule has 1 rings (SSSR count). The van der Waals surface area contributed by atoms with Crippen LogP contribution in [0.25, 0.3) is 0 Å². The first kappa shape index (κ1) is 11.7. The number of alkyl halides is 5. The van der Waals surface area contributed by atoms with Gasteiger partial charge in [-0.25, -0.2) is 8.78 Å². The Morgan fingerprint density at radius 2 is 1.93 bits per heavy atom. The van der Waals surface area contributed by atoms with Gasteiger partial charge in [0.05, 0.1) is 6.04 Å². The summed E-state index contributed by atoms with van der Waals surface area (Å²) < 4.78 is 61.4. The summed E-state index contributed by atoms with van der Waals surface area (Å²) in [7, 11) is 0. The Morgan fingerprint density at radius 1 is 1.29 bits per heavy atom. The van der Waals surface area contributed by atoms with Gasteiger partial charge < -0.3 is 5.32 Å². The van der Waals surface area contributed by atoms with Gasteiger partial charge in [-0.3, -0.25) is 0 Å². The summed E-state index contributed by atoms with van der Waals surface area (Å²) in [4.78, 5) is 0. The topological polar surface area (TPSA) is 12.0 Å². The van der Waals surface area contributed by atoms with Gasteiger partial charge in [0.1, 0.15) is 0 Å². The van der Waals surface area contributed by atoms with Crippen molar-refractivity contribution in [1.82, 2.24) is 5.32 Å². The lowest BCUT2D eigenvalue weighted by Crippen LogP contribution is -2.49. The molecule has 0 amide bonds. The second-order valence-corrected chi connectivity index (χ2v) is 3.53. The summed E-state index contributed by atoms with van der Waals surface area (Å²) in [5.41, 5.74) is 0. The van der Waals surface area contributed by atoms with Crippen molar-refractivity contribution in [2.75, 3.05) is 6.54 Å². The Labute approximate surface area is 78.7 Å². The zero-order valence-corrected chi connectivity index (χ0v) is 7.50. The molecule has 0 aromatic carbocycles. The minimum atomic E-state index is -4.35. The molecule has 0 bridgehead atoms. The SMILES string of the molecule is FC(F)(F)CCC1NCCCC1(F)F. The number of halogens is 5. The van der Waals surface area contributed by atoms with Crippen LogP contribution >= 0.6 is 0 Å². The summed E-state index contributed by atoms with van der Waals surface area (Å²) in [5, 5.41) is 2.43. The monoisotopic (exact) mass is 217 g/mol. The van der Waals surface area contributed by atoms with Crippen LogP contribution in [-0.2, 0) is 0 Å². The third-order valence-electron chi connectivity index (χ3n) is 2.30. The maximum Gasteiger partial charge on any atom is 0.389 e. The molecule has 1 heterocycles. The molecular weight excluding hydrogens is 205 g/mol. The van der Waals surface area contributed by atoms with Gasteiger partial charge in [-0.1, -0.05) is 0 Å². The highest BCUT2D eigenvalue weighted by Gasteiger charge is 2.42. The van der Waals surface area contributed by atoms with Crippen LogP contribution in [0.3, 0.4) is 0 Å². The molecule has 0 aliphatic carbocycles. The molecule has 0 radical (unpaired) electrons. The Balaban J connectivity index is 2.42. The van der Waals surface area contributed by atoms with Gasteiger partial charge in [-0.2, -0.15) is 13.2 Å². The van der Waals surface area contributed by atoms with Crippen LogP contribution in [-0.4, -0.2) is 24.7 Å². The van der Waals surface area contributed by atoms with Crippen molar-refractivity contribution in [3.8, 4) is 0 Å². The molecule has 0 saturated carbocycles. The molecule has 1 aliphatic rings. The molecule has 1 aliphatic heterocycles. The second kappa shape index (κ2) is 4.00. The first-order valence-electron chi connectivity index (χ1n) is 4.49. The van der Waals surface area contributed by atoms with E-state index in [-0.39, 0.29) is 6.42 Å². The summed E-state index contributed by atoms with van der Waals surface area (Å²) in [6, 6.07) is -1.32. The lowest BCUT2D eigenvalue weighted by molar-refractivity contribution is -0.144. The Morgan fingerprint density at radius 3 is 2.43 bits per heavy atom. The van der Waals surface area contributed by atoms with Gasteiger partial charge in [0.2, 0.25) is 0 Å². The van der Waals surface area contributed by atoms with Gasteiger partial charge in [-0.15, -0.1) is 0 Å². The fourth-order valence-electron chi connectivity index (χ4n) is 1.55. The van der Waals surface area contributed by atoms with Crippen LogP contribution in [0.4, 0.5) is 22.0 Å². The van der Waals surface area contributed by atoms with E-state index in [0.717, 1.165) is 0 Å². The first-order chi connectivity index (χ1) is 6.31. The van der Waals surface area contributed by atoms with Crippen molar-refractivity contribution in [1.29, 1.82) is 0 Å². The lowest BCUT2D eigenvalue weighted by atomic mass is 9.96. The average molecular weight is 217 g/mol. The van der Waals surface area contributed by atoms with Crippen LogP contribution in [0.2, 0.25) is 0 Å². The zero-order chi connectivity index (χ0) is 10.8. The highest BCUT2D eigenvalue weighted by molar-refractivity contribution is 4.87. The molecule has 0 aromatic rings. The summed E-state index contributed by atoms with van der Waals surface area (Å²) >= 11 is 0. The average Bonchev–Trinajstić information content (AvgIpc) is 2.00.